The lowest BCUT2D eigenvalue weighted by molar-refractivity contribution is -0.123. The Kier molecular flexibility index (Phi) is 5.45. The molecular formula is C20H22N2O4. The van der Waals surface area contributed by atoms with E-state index in [1.165, 1.54) is 12.1 Å². The Morgan fingerprint density at radius 1 is 0.923 bits per heavy atom. The van der Waals surface area contributed by atoms with Crippen LogP contribution in [-0.2, 0) is 4.79 Å². The monoisotopic (exact) mass is 354 g/mol. The molecule has 2 amide bonds. The molecule has 0 aromatic heterocycles. The molecule has 26 heavy (non-hydrogen) atoms. The minimum Gasteiger partial charge on any atom is -0.478 e. The lowest BCUT2D eigenvalue weighted by atomic mass is 9.95. The van der Waals surface area contributed by atoms with Crippen LogP contribution in [-0.4, -0.2) is 22.9 Å². The van der Waals surface area contributed by atoms with E-state index in [1.807, 2.05) is 20.8 Å². The zero-order valence-electron chi connectivity index (χ0n) is 15.2. The fourth-order valence-electron chi connectivity index (χ4n) is 2.23. The molecule has 0 spiro atoms. The van der Waals surface area contributed by atoms with Crippen molar-refractivity contribution in [3.05, 3.63) is 59.2 Å². The molecule has 0 radical (unpaired) electrons. The van der Waals surface area contributed by atoms with E-state index in [1.54, 1.807) is 37.3 Å². The number of carbonyl (C=O) groups excluding carboxylic acids is 2. The van der Waals surface area contributed by atoms with E-state index in [9.17, 15) is 19.5 Å². The zero-order chi connectivity index (χ0) is 19.5. The van der Waals surface area contributed by atoms with Crippen molar-refractivity contribution in [3.8, 4) is 0 Å². The van der Waals surface area contributed by atoms with Crippen LogP contribution in [0.15, 0.2) is 42.5 Å². The van der Waals surface area contributed by atoms with Crippen LogP contribution in [0.2, 0.25) is 0 Å². The van der Waals surface area contributed by atoms with E-state index in [2.05, 4.69) is 10.6 Å². The maximum Gasteiger partial charge on any atom is 0.337 e. The first-order valence-corrected chi connectivity index (χ1v) is 8.15. The van der Waals surface area contributed by atoms with Crippen LogP contribution in [0.25, 0.3) is 0 Å². The van der Waals surface area contributed by atoms with Gasteiger partial charge in [-0.1, -0.05) is 32.9 Å². The van der Waals surface area contributed by atoms with Crippen molar-refractivity contribution in [2.75, 3.05) is 10.6 Å². The molecule has 0 unspecified atom stereocenters. The summed E-state index contributed by atoms with van der Waals surface area (Å²) in [7, 11) is 0. The minimum absolute atomic E-state index is 0.0200. The van der Waals surface area contributed by atoms with E-state index in [4.69, 9.17) is 0 Å². The van der Waals surface area contributed by atoms with Crippen LogP contribution in [0.3, 0.4) is 0 Å². The second-order valence-corrected chi connectivity index (χ2v) is 7.04. The first-order chi connectivity index (χ1) is 12.1. The number of hydrogen-bond donors (Lipinski definition) is 3. The van der Waals surface area contributed by atoms with Crippen molar-refractivity contribution >= 4 is 29.2 Å². The van der Waals surface area contributed by atoms with Gasteiger partial charge in [-0.3, -0.25) is 9.59 Å². The van der Waals surface area contributed by atoms with Crippen LogP contribution in [0.1, 0.15) is 47.1 Å². The van der Waals surface area contributed by atoms with Gasteiger partial charge in [-0.25, -0.2) is 4.79 Å². The van der Waals surface area contributed by atoms with Gasteiger partial charge in [0.15, 0.2) is 0 Å². The fourth-order valence-corrected chi connectivity index (χ4v) is 2.23. The van der Waals surface area contributed by atoms with Gasteiger partial charge in [0.05, 0.1) is 11.3 Å². The first-order valence-electron chi connectivity index (χ1n) is 8.15. The summed E-state index contributed by atoms with van der Waals surface area (Å²) in [5.74, 6) is -1.65. The molecular weight excluding hydrogens is 332 g/mol. The largest absolute Gasteiger partial charge is 0.478 e. The Bertz CT molecular complexity index is 866. The van der Waals surface area contributed by atoms with Crippen molar-refractivity contribution in [2.45, 2.75) is 27.7 Å². The van der Waals surface area contributed by atoms with Crippen LogP contribution in [0.4, 0.5) is 11.4 Å². The third-order valence-electron chi connectivity index (χ3n) is 3.82. The molecule has 0 aliphatic rings. The van der Waals surface area contributed by atoms with Crippen molar-refractivity contribution in [3.63, 3.8) is 0 Å². The molecule has 0 atom stereocenters. The Morgan fingerprint density at radius 3 is 2.15 bits per heavy atom. The maximum absolute atomic E-state index is 12.4. The van der Waals surface area contributed by atoms with E-state index in [0.29, 0.717) is 11.3 Å². The van der Waals surface area contributed by atoms with Gasteiger partial charge in [-0.2, -0.15) is 0 Å². The number of rotatable bonds is 4. The number of amides is 2. The number of carboxylic acid groups (broad SMARTS) is 1. The highest BCUT2D eigenvalue weighted by Gasteiger charge is 2.22. The standard InChI is InChI=1S/C20H22N2O4/c1-12-11-13(9-10-15(12)22-19(26)20(2,3)4)17(23)21-16-8-6-5-7-14(16)18(24)25/h5-11H,1-4H3,(H,21,23)(H,22,26)(H,24,25). The summed E-state index contributed by atoms with van der Waals surface area (Å²) in [6.07, 6.45) is 0. The van der Waals surface area contributed by atoms with Crippen molar-refractivity contribution in [1.29, 1.82) is 0 Å². The van der Waals surface area contributed by atoms with Gasteiger partial charge in [0.2, 0.25) is 5.91 Å². The van der Waals surface area contributed by atoms with Crippen LogP contribution >= 0.6 is 0 Å². The topological polar surface area (TPSA) is 95.5 Å². The molecule has 6 heteroatoms. The highest BCUT2D eigenvalue weighted by molar-refractivity contribution is 6.08. The van der Waals surface area contributed by atoms with E-state index >= 15 is 0 Å². The molecule has 2 aromatic carbocycles. The fraction of sp³-hybridized carbons (Fsp3) is 0.250. The molecule has 0 aliphatic carbocycles. The number of carboxylic acids is 1. The quantitative estimate of drug-likeness (QED) is 0.775. The third kappa shape index (κ3) is 4.47. The first kappa shape index (κ1) is 19.2. The molecule has 2 aromatic rings. The molecule has 2 rings (SSSR count). The number of aryl methyl sites for hydroxylation is 1. The van der Waals surface area contributed by atoms with Gasteiger partial charge in [-0.15, -0.1) is 0 Å². The summed E-state index contributed by atoms with van der Waals surface area (Å²) in [5, 5.41) is 14.6. The van der Waals surface area contributed by atoms with Crippen molar-refractivity contribution in [1.82, 2.24) is 0 Å². The molecule has 0 bridgehead atoms. The predicted octanol–water partition coefficient (Wildman–Crippen LogP) is 3.93. The Hall–Kier alpha value is -3.15. The Labute approximate surface area is 152 Å². The SMILES string of the molecule is Cc1cc(C(=O)Nc2ccccc2C(=O)O)ccc1NC(=O)C(C)(C)C. The molecule has 0 saturated carbocycles. The summed E-state index contributed by atoms with van der Waals surface area (Å²) in [6.45, 7) is 7.25. The minimum atomic E-state index is -1.11. The normalized spacial score (nSPS) is 10.9. The van der Waals surface area contributed by atoms with Crippen LogP contribution in [0.5, 0.6) is 0 Å². The number of benzene rings is 2. The molecule has 3 N–H and O–H groups in total. The van der Waals surface area contributed by atoms with Crippen molar-refractivity contribution < 1.29 is 19.5 Å². The van der Waals surface area contributed by atoms with Gasteiger partial charge in [0, 0.05) is 16.7 Å². The molecule has 0 aliphatic heterocycles. The third-order valence-corrected chi connectivity index (χ3v) is 3.82. The second-order valence-electron chi connectivity index (χ2n) is 7.04. The van der Waals surface area contributed by atoms with Gasteiger partial charge >= 0.3 is 5.97 Å². The molecule has 6 nitrogen and oxygen atoms in total. The van der Waals surface area contributed by atoms with E-state index < -0.39 is 17.3 Å². The summed E-state index contributed by atoms with van der Waals surface area (Å²) < 4.78 is 0. The summed E-state index contributed by atoms with van der Waals surface area (Å²) in [6, 6.07) is 11.1. The summed E-state index contributed by atoms with van der Waals surface area (Å²) in [4.78, 5) is 35.8. The lowest BCUT2D eigenvalue weighted by Gasteiger charge is -2.19. The maximum atomic E-state index is 12.4. The average molecular weight is 354 g/mol. The highest BCUT2D eigenvalue weighted by atomic mass is 16.4. The number of hydrogen-bond acceptors (Lipinski definition) is 3. The molecule has 0 saturated heterocycles. The smallest absolute Gasteiger partial charge is 0.337 e. The number of carbonyl (C=O) groups is 3. The van der Waals surface area contributed by atoms with Gasteiger partial charge in [0.1, 0.15) is 0 Å². The number of anilines is 2. The van der Waals surface area contributed by atoms with Crippen LogP contribution < -0.4 is 10.6 Å². The van der Waals surface area contributed by atoms with Crippen LogP contribution in [0, 0.1) is 12.3 Å². The predicted molar refractivity (Wildman–Crippen MR) is 101 cm³/mol. The summed E-state index contributed by atoms with van der Waals surface area (Å²) in [5.41, 5.74) is 1.47. The lowest BCUT2D eigenvalue weighted by Crippen LogP contribution is -2.28. The van der Waals surface area contributed by atoms with Gasteiger partial charge in [0.25, 0.3) is 5.91 Å². The molecule has 0 fully saturated rings. The zero-order valence-corrected chi connectivity index (χ0v) is 15.2. The highest BCUT2D eigenvalue weighted by Crippen LogP contribution is 2.22. The van der Waals surface area contributed by atoms with E-state index in [0.717, 1.165) is 5.56 Å². The Morgan fingerprint density at radius 2 is 1.58 bits per heavy atom. The number of aromatic carboxylic acids is 1. The number of para-hydroxylation sites is 1. The molecule has 136 valence electrons. The van der Waals surface area contributed by atoms with E-state index in [-0.39, 0.29) is 17.2 Å². The molecule has 0 heterocycles. The Balaban J connectivity index is 2.20. The van der Waals surface area contributed by atoms with Gasteiger partial charge < -0.3 is 15.7 Å². The number of nitrogens with one attached hydrogen (secondary N) is 2. The average Bonchev–Trinajstić information content (AvgIpc) is 2.55. The second kappa shape index (κ2) is 7.39. The van der Waals surface area contributed by atoms with Gasteiger partial charge in [-0.05, 0) is 42.8 Å². The summed E-state index contributed by atoms with van der Waals surface area (Å²) >= 11 is 0. The van der Waals surface area contributed by atoms with Crippen molar-refractivity contribution in [2.24, 2.45) is 5.41 Å².